The van der Waals surface area contributed by atoms with Crippen LogP contribution in [0.15, 0.2) is 23.1 Å². The molecular formula is C11H12ClN3O4S. The highest BCUT2D eigenvalue weighted by molar-refractivity contribution is 7.89. The van der Waals surface area contributed by atoms with Crippen molar-refractivity contribution in [3.63, 3.8) is 0 Å². The molecule has 0 saturated carbocycles. The van der Waals surface area contributed by atoms with Gasteiger partial charge in [0.1, 0.15) is 0 Å². The minimum absolute atomic E-state index is 0.00142. The van der Waals surface area contributed by atoms with Crippen molar-refractivity contribution < 1.29 is 13.3 Å². The number of nitriles is 1. The van der Waals surface area contributed by atoms with Crippen LogP contribution >= 0.6 is 11.6 Å². The highest BCUT2D eigenvalue weighted by atomic mass is 35.5. The zero-order valence-electron chi connectivity index (χ0n) is 10.6. The monoisotopic (exact) mass is 317 g/mol. The molecule has 0 radical (unpaired) electrons. The van der Waals surface area contributed by atoms with Crippen LogP contribution in [0.25, 0.3) is 0 Å². The van der Waals surface area contributed by atoms with Crippen molar-refractivity contribution in [2.24, 2.45) is 0 Å². The van der Waals surface area contributed by atoms with Gasteiger partial charge in [-0.25, -0.2) is 8.42 Å². The lowest BCUT2D eigenvalue weighted by atomic mass is 10.3. The van der Waals surface area contributed by atoms with Crippen LogP contribution in [-0.2, 0) is 10.0 Å². The number of benzene rings is 1. The molecule has 0 aliphatic heterocycles. The van der Waals surface area contributed by atoms with Crippen molar-refractivity contribution >= 4 is 27.3 Å². The Labute approximate surface area is 121 Å². The Morgan fingerprint density at radius 2 is 2.15 bits per heavy atom. The Morgan fingerprint density at radius 3 is 2.65 bits per heavy atom. The lowest BCUT2D eigenvalue weighted by Crippen LogP contribution is -2.32. The molecule has 0 N–H and O–H groups in total. The maximum atomic E-state index is 12.4. The van der Waals surface area contributed by atoms with Gasteiger partial charge in [-0.1, -0.05) is 18.5 Å². The van der Waals surface area contributed by atoms with Gasteiger partial charge in [-0.15, -0.1) is 0 Å². The van der Waals surface area contributed by atoms with Crippen LogP contribution in [0, 0.1) is 21.4 Å². The van der Waals surface area contributed by atoms with Gasteiger partial charge in [-0.3, -0.25) is 10.1 Å². The zero-order chi connectivity index (χ0) is 15.3. The SMILES string of the molecule is CCN(CCC#N)S(=O)(=O)c1cc(Cl)ccc1[N+](=O)[O-]. The molecule has 20 heavy (non-hydrogen) atoms. The first kappa shape index (κ1) is 16.4. The van der Waals surface area contributed by atoms with Crippen molar-refractivity contribution in [3.8, 4) is 6.07 Å². The molecule has 0 unspecified atom stereocenters. The molecule has 0 saturated heterocycles. The Hall–Kier alpha value is -1.69. The molecule has 0 aliphatic carbocycles. The smallest absolute Gasteiger partial charge is 0.258 e. The van der Waals surface area contributed by atoms with Gasteiger partial charge in [0, 0.05) is 30.6 Å². The molecule has 1 rings (SSSR count). The maximum absolute atomic E-state index is 12.4. The molecule has 0 atom stereocenters. The lowest BCUT2D eigenvalue weighted by molar-refractivity contribution is -0.387. The molecule has 1 aromatic rings. The van der Waals surface area contributed by atoms with Crippen LogP contribution in [0.4, 0.5) is 5.69 Å². The number of nitro groups is 1. The first-order valence-corrected chi connectivity index (χ1v) is 7.47. The van der Waals surface area contributed by atoms with Gasteiger partial charge in [-0.05, 0) is 12.1 Å². The predicted octanol–water partition coefficient (Wildman–Crippen LogP) is 2.17. The van der Waals surface area contributed by atoms with Crippen molar-refractivity contribution in [2.45, 2.75) is 18.2 Å². The number of halogens is 1. The second-order valence-corrected chi connectivity index (χ2v) is 6.12. The van der Waals surface area contributed by atoms with E-state index in [4.69, 9.17) is 16.9 Å². The third-order valence-electron chi connectivity index (χ3n) is 2.56. The average molecular weight is 318 g/mol. The van der Waals surface area contributed by atoms with Crippen LogP contribution in [0.1, 0.15) is 13.3 Å². The van der Waals surface area contributed by atoms with E-state index in [1.54, 1.807) is 6.92 Å². The molecule has 0 heterocycles. The number of nitrogens with zero attached hydrogens (tertiary/aromatic N) is 3. The van der Waals surface area contributed by atoms with Gasteiger partial charge in [-0.2, -0.15) is 9.57 Å². The van der Waals surface area contributed by atoms with Crippen LogP contribution in [0.3, 0.4) is 0 Å². The fourth-order valence-electron chi connectivity index (χ4n) is 1.61. The quantitative estimate of drug-likeness (QED) is 0.590. The summed E-state index contributed by atoms with van der Waals surface area (Å²) in [5.74, 6) is 0. The van der Waals surface area contributed by atoms with E-state index >= 15 is 0 Å². The van der Waals surface area contributed by atoms with E-state index < -0.39 is 25.5 Å². The van der Waals surface area contributed by atoms with Crippen molar-refractivity contribution in [3.05, 3.63) is 33.3 Å². The Morgan fingerprint density at radius 1 is 1.50 bits per heavy atom. The molecule has 7 nitrogen and oxygen atoms in total. The Balaban J connectivity index is 3.37. The summed E-state index contributed by atoms with van der Waals surface area (Å²) in [7, 11) is -4.07. The van der Waals surface area contributed by atoms with Gasteiger partial charge < -0.3 is 0 Å². The van der Waals surface area contributed by atoms with Gasteiger partial charge in [0.05, 0.1) is 11.0 Å². The van der Waals surface area contributed by atoms with Crippen molar-refractivity contribution in [2.75, 3.05) is 13.1 Å². The zero-order valence-corrected chi connectivity index (χ0v) is 12.2. The molecular weight excluding hydrogens is 306 g/mol. The molecule has 9 heteroatoms. The summed E-state index contributed by atoms with van der Waals surface area (Å²) in [6.07, 6.45) is 0.00142. The second-order valence-electron chi connectivity index (χ2n) is 3.77. The van der Waals surface area contributed by atoms with Gasteiger partial charge in [0.2, 0.25) is 10.0 Å². The average Bonchev–Trinajstić information content (AvgIpc) is 2.38. The molecule has 0 spiro atoms. The topological polar surface area (TPSA) is 104 Å². The number of rotatable bonds is 6. The minimum atomic E-state index is -4.07. The molecule has 1 aromatic carbocycles. The molecule has 0 bridgehead atoms. The van der Waals surface area contributed by atoms with Crippen LogP contribution in [0.2, 0.25) is 5.02 Å². The van der Waals surface area contributed by atoms with E-state index in [2.05, 4.69) is 0 Å². The summed E-state index contributed by atoms with van der Waals surface area (Å²) in [5, 5.41) is 19.6. The van der Waals surface area contributed by atoms with Crippen molar-refractivity contribution in [1.82, 2.24) is 4.31 Å². The summed E-state index contributed by atoms with van der Waals surface area (Å²) in [5.41, 5.74) is -0.537. The summed E-state index contributed by atoms with van der Waals surface area (Å²) >= 11 is 5.72. The largest absolute Gasteiger partial charge is 0.289 e. The number of sulfonamides is 1. The normalized spacial score (nSPS) is 11.3. The van der Waals surface area contributed by atoms with Gasteiger partial charge >= 0.3 is 0 Å². The summed E-state index contributed by atoms with van der Waals surface area (Å²) in [4.78, 5) is 9.69. The second kappa shape index (κ2) is 6.65. The molecule has 0 aliphatic rings. The molecule has 0 fully saturated rings. The van der Waals surface area contributed by atoms with Crippen molar-refractivity contribution in [1.29, 1.82) is 5.26 Å². The standard InChI is InChI=1S/C11H12ClN3O4S/c1-2-14(7-3-6-13)20(18,19)11-8-9(12)4-5-10(11)15(16)17/h4-5,8H,2-3,7H2,1H3. The first-order chi connectivity index (χ1) is 9.34. The van der Waals surface area contributed by atoms with E-state index in [1.165, 1.54) is 6.07 Å². The van der Waals surface area contributed by atoms with E-state index in [1.807, 2.05) is 6.07 Å². The fraction of sp³-hybridized carbons (Fsp3) is 0.364. The number of hydrogen-bond acceptors (Lipinski definition) is 5. The Kier molecular flexibility index (Phi) is 5.44. The maximum Gasteiger partial charge on any atom is 0.289 e. The van der Waals surface area contributed by atoms with E-state index in [-0.39, 0.29) is 24.5 Å². The molecule has 0 amide bonds. The van der Waals surface area contributed by atoms with Gasteiger partial charge in [0.15, 0.2) is 4.90 Å². The Bertz CT molecular complexity index is 654. The first-order valence-electron chi connectivity index (χ1n) is 5.65. The van der Waals surface area contributed by atoms with Gasteiger partial charge in [0.25, 0.3) is 5.69 Å². The lowest BCUT2D eigenvalue weighted by Gasteiger charge is -2.19. The number of nitro benzene ring substituents is 1. The van der Waals surface area contributed by atoms with Crippen LogP contribution in [-0.4, -0.2) is 30.7 Å². The fourth-order valence-corrected chi connectivity index (χ4v) is 3.48. The van der Waals surface area contributed by atoms with Crippen LogP contribution in [0.5, 0.6) is 0 Å². The summed E-state index contributed by atoms with van der Waals surface area (Å²) in [6.45, 7) is 1.66. The third kappa shape index (κ3) is 3.45. The van der Waals surface area contributed by atoms with Crippen LogP contribution < -0.4 is 0 Å². The summed E-state index contributed by atoms with van der Waals surface area (Å²) < 4.78 is 25.8. The summed E-state index contributed by atoms with van der Waals surface area (Å²) in [6, 6.07) is 5.19. The highest BCUT2D eigenvalue weighted by Gasteiger charge is 2.30. The highest BCUT2D eigenvalue weighted by Crippen LogP contribution is 2.29. The van der Waals surface area contributed by atoms with E-state index in [9.17, 15) is 18.5 Å². The predicted molar refractivity (Wildman–Crippen MR) is 72.8 cm³/mol. The molecule has 0 aromatic heterocycles. The third-order valence-corrected chi connectivity index (χ3v) is 4.80. The minimum Gasteiger partial charge on any atom is -0.258 e. The molecule has 108 valence electrons. The van der Waals surface area contributed by atoms with E-state index in [0.717, 1.165) is 16.4 Å². The van der Waals surface area contributed by atoms with E-state index in [0.29, 0.717) is 0 Å². The number of hydrogen-bond donors (Lipinski definition) is 0.